The van der Waals surface area contributed by atoms with E-state index in [2.05, 4.69) is 0 Å². The summed E-state index contributed by atoms with van der Waals surface area (Å²) in [5.74, 6) is -1.43. The van der Waals surface area contributed by atoms with E-state index in [1.165, 1.54) is 0 Å². The van der Waals surface area contributed by atoms with Crippen molar-refractivity contribution in [3.05, 3.63) is 0 Å². The molecule has 1 rings (SSSR count). The van der Waals surface area contributed by atoms with E-state index in [9.17, 15) is 9.59 Å². The third-order valence-electron chi connectivity index (χ3n) is 2.37. The Hall–Kier alpha value is -0.900. The van der Waals surface area contributed by atoms with Crippen molar-refractivity contribution in [3.63, 3.8) is 0 Å². The molecule has 2 unspecified atom stereocenters. The van der Waals surface area contributed by atoms with Gasteiger partial charge in [0.2, 0.25) is 0 Å². The van der Waals surface area contributed by atoms with Gasteiger partial charge in [0.15, 0.2) is 5.78 Å². The van der Waals surface area contributed by atoms with Gasteiger partial charge in [0, 0.05) is 0 Å². The summed E-state index contributed by atoms with van der Waals surface area (Å²) in [6, 6.07) is 0. The third-order valence-corrected chi connectivity index (χ3v) is 2.37. The van der Waals surface area contributed by atoms with Gasteiger partial charge in [-0.05, 0) is 27.7 Å². The molecule has 0 aromatic carbocycles. The molecule has 4 nitrogen and oxygen atoms in total. The third kappa shape index (κ3) is 1.80. The molecule has 80 valence electrons. The summed E-state index contributed by atoms with van der Waals surface area (Å²) < 4.78 is 10.2. The predicted octanol–water partition coefficient (Wildman–Crippen LogP) is 0.932. The number of carbonyl (C=O) groups is 2. The topological polar surface area (TPSA) is 52.6 Å². The molecule has 1 aliphatic heterocycles. The lowest BCUT2D eigenvalue weighted by Gasteiger charge is -2.14. The van der Waals surface area contributed by atoms with Gasteiger partial charge in [-0.3, -0.25) is 9.59 Å². The minimum Gasteiger partial charge on any atom is -0.465 e. The van der Waals surface area contributed by atoms with Crippen molar-refractivity contribution in [2.45, 2.75) is 39.4 Å². The first-order valence-electron chi connectivity index (χ1n) is 4.79. The number of Topliss-reactive ketones (excluding diaryl/α,β-unsaturated/α-hetero) is 1. The first-order valence-corrected chi connectivity index (χ1v) is 4.79. The van der Waals surface area contributed by atoms with Crippen LogP contribution in [0.2, 0.25) is 0 Å². The zero-order valence-electron chi connectivity index (χ0n) is 8.99. The summed E-state index contributed by atoms with van der Waals surface area (Å²) >= 11 is 0. The van der Waals surface area contributed by atoms with E-state index < -0.39 is 23.6 Å². The van der Waals surface area contributed by atoms with Gasteiger partial charge in [-0.1, -0.05) is 0 Å². The molecule has 0 spiro atoms. The summed E-state index contributed by atoms with van der Waals surface area (Å²) in [6.07, 6.45) is -0.392. The van der Waals surface area contributed by atoms with E-state index in [1.807, 2.05) is 0 Å². The molecule has 0 N–H and O–H groups in total. The molecule has 0 amide bonds. The SMILES string of the molecule is CCOC(=O)C1C(=O)C(C)(C)OC1C. The Labute approximate surface area is 83.6 Å². The van der Waals surface area contributed by atoms with Crippen LogP contribution in [-0.2, 0) is 19.1 Å². The number of rotatable bonds is 2. The molecule has 0 saturated carbocycles. The van der Waals surface area contributed by atoms with Crippen LogP contribution >= 0.6 is 0 Å². The van der Waals surface area contributed by atoms with Crippen LogP contribution in [0.1, 0.15) is 27.7 Å². The Balaban J connectivity index is 2.80. The van der Waals surface area contributed by atoms with Gasteiger partial charge in [0.1, 0.15) is 11.5 Å². The quantitative estimate of drug-likeness (QED) is 0.491. The summed E-state index contributed by atoms with van der Waals surface area (Å²) in [7, 11) is 0. The number of hydrogen-bond acceptors (Lipinski definition) is 4. The molecule has 0 aromatic heterocycles. The number of ether oxygens (including phenoxy) is 2. The number of carbonyl (C=O) groups excluding carboxylic acids is 2. The van der Waals surface area contributed by atoms with Crippen molar-refractivity contribution in [2.24, 2.45) is 5.92 Å². The number of hydrogen-bond donors (Lipinski definition) is 0. The summed E-state index contributed by atoms with van der Waals surface area (Å²) in [4.78, 5) is 23.2. The van der Waals surface area contributed by atoms with Gasteiger partial charge in [-0.15, -0.1) is 0 Å². The van der Waals surface area contributed by atoms with E-state index in [4.69, 9.17) is 9.47 Å². The van der Waals surface area contributed by atoms with Crippen molar-refractivity contribution in [3.8, 4) is 0 Å². The van der Waals surface area contributed by atoms with Crippen LogP contribution in [0.15, 0.2) is 0 Å². The number of ketones is 1. The standard InChI is InChI=1S/C10H16O4/c1-5-13-9(12)7-6(2)14-10(3,4)8(7)11/h6-7H,5H2,1-4H3. The highest BCUT2D eigenvalue weighted by Gasteiger charge is 2.50. The summed E-state index contributed by atoms with van der Waals surface area (Å²) in [6.45, 7) is 7.06. The highest BCUT2D eigenvalue weighted by atomic mass is 16.6. The molecular weight excluding hydrogens is 184 g/mol. The minimum absolute atomic E-state index is 0.191. The van der Waals surface area contributed by atoms with E-state index in [-0.39, 0.29) is 12.4 Å². The maximum Gasteiger partial charge on any atom is 0.319 e. The normalized spacial score (nSPS) is 30.4. The molecule has 0 bridgehead atoms. The molecule has 1 heterocycles. The van der Waals surface area contributed by atoms with Crippen LogP contribution in [0, 0.1) is 5.92 Å². The maximum absolute atomic E-state index is 11.7. The number of esters is 1. The lowest BCUT2D eigenvalue weighted by atomic mass is 9.93. The Morgan fingerprint density at radius 1 is 1.57 bits per heavy atom. The van der Waals surface area contributed by atoms with Crippen molar-refractivity contribution < 1.29 is 19.1 Å². The smallest absolute Gasteiger partial charge is 0.319 e. The first kappa shape index (κ1) is 11.2. The molecule has 4 heteroatoms. The van der Waals surface area contributed by atoms with Gasteiger partial charge in [-0.2, -0.15) is 0 Å². The Morgan fingerprint density at radius 3 is 2.50 bits per heavy atom. The van der Waals surface area contributed by atoms with Crippen LogP contribution < -0.4 is 0 Å². The second kappa shape index (κ2) is 3.69. The fraction of sp³-hybridized carbons (Fsp3) is 0.800. The first-order chi connectivity index (χ1) is 6.40. The van der Waals surface area contributed by atoms with E-state index in [1.54, 1.807) is 27.7 Å². The van der Waals surface area contributed by atoms with Gasteiger partial charge in [0.05, 0.1) is 12.7 Å². The van der Waals surface area contributed by atoms with Crippen LogP contribution in [0.4, 0.5) is 0 Å². The van der Waals surface area contributed by atoms with Crippen molar-refractivity contribution >= 4 is 11.8 Å². The fourth-order valence-electron chi connectivity index (χ4n) is 1.71. The van der Waals surface area contributed by atoms with Gasteiger partial charge in [0.25, 0.3) is 0 Å². The van der Waals surface area contributed by atoms with Crippen LogP contribution in [0.3, 0.4) is 0 Å². The van der Waals surface area contributed by atoms with Crippen molar-refractivity contribution in [1.29, 1.82) is 0 Å². The lowest BCUT2D eigenvalue weighted by molar-refractivity contribution is -0.151. The monoisotopic (exact) mass is 200 g/mol. The highest BCUT2D eigenvalue weighted by molar-refractivity contribution is 6.05. The van der Waals surface area contributed by atoms with E-state index in [0.717, 1.165) is 0 Å². The summed E-state index contributed by atoms with van der Waals surface area (Å²) in [5, 5.41) is 0. The summed E-state index contributed by atoms with van der Waals surface area (Å²) in [5.41, 5.74) is -0.864. The average Bonchev–Trinajstić information content (AvgIpc) is 2.22. The Bertz CT molecular complexity index is 257. The zero-order chi connectivity index (χ0) is 10.9. The van der Waals surface area contributed by atoms with E-state index in [0.29, 0.717) is 0 Å². The highest BCUT2D eigenvalue weighted by Crippen LogP contribution is 2.31. The molecule has 0 aliphatic carbocycles. The molecule has 2 atom stereocenters. The van der Waals surface area contributed by atoms with Gasteiger partial charge in [-0.25, -0.2) is 0 Å². The molecule has 1 saturated heterocycles. The second-order valence-corrected chi connectivity index (χ2v) is 3.93. The van der Waals surface area contributed by atoms with E-state index >= 15 is 0 Å². The molecular formula is C10H16O4. The lowest BCUT2D eigenvalue weighted by Crippen LogP contribution is -2.34. The Kier molecular flexibility index (Phi) is 2.95. The van der Waals surface area contributed by atoms with Gasteiger partial charge >= 0.3 is 5.97 Å². The second-order valence-electron chi connectivity index (χ2n) is 3.93. The minimum atomic E-state index is -0.864. The predicted molar refractivity (Wildman–Crippen MR) is 49.8 cm³/mol. The van der Waals surface area contributed by atoms with Crippen LogP contribution in [0.5, 0.6) is 0 Å². The molecule has 1 fully saturated rings. The van der Waals surface area contributed by atoms with Crippen molar-refractivity contribution in [2.75, 3.05) is 6.61 Å². The van der Waals surface area contributed by atoms with Crippen LogP contribution in [-0.4, -0.2) is 30.1 Å². The molecule has 14 heavy (non-hydrogen) atoms. The fourth-order valence-corrected chi connectivity index (χ4v) is 1.71. The largest absolute Gasteiger partial charge is 0.465 e. The van der Waals surface area contributed by atoms with Crippen molar-refractivity contribution in [1.82, 2.24) is 0 Å². The Morgan fingerprint density at radius 2 is 2.14 bits per heavy atom. The molecule has 0 radical (unpaired) electrons. The van der Waals surface area contributed by atoms with Crippen LogP contribution in [0.25, 0.3) is 0 Å². The maximum atomic E-state index is 11.7. The molecule has 1 aliphatic rings. The average molecular weight is 200 g/mol. The molecule has 0 aromatic rings. The van der Waals surface area contributed by atoms with Gasteiger partial charge < -0.3 is 9.47 Å². The zero-order valence-corrected chi connectivity index (χ0v) is 8.99.